The van der Waals surface area contributed by atoms with Crippen molar-refractivity contribution in [1.29, 1.82) is 0 Å². The number of aryl methyl sites for hydroxylation is 2. The van der Waals surface area contributed by atoms with Crippen molar-refractivity contribution in [2.75, 3.05) is 13.1 Å². The molecular formula is C17H26N6. The summed E-state index contributed by atoms with van der Waals surface area (Å²) in [5.41, 5.74) is 1.37. The molecule has 2 aromatic rings. The van der Waals surface area contributed by atoms with Gasteiger partial charge in [0.1, 0.15) is 12.4 Å². The second-order valence-corrected chi connectivity index (χ2v) is 5.43. The van der Waals surface area contributed by atoms with Crippen LogP contribution in [0.1, 0.15) is 30.6 Å². The molecule has 0 aliphatic rings. The predicted octanol–water partition coefficient (Wildman–Crippen LogP) is 1.81. The van der Waals surface area contributed by atoms with Gasteiger partial charge in [-0.3, -0.25) is 0 Å². The van der Waals surface area contributed by atoms with E-state index < -0.39 is 0 Å². The normalized spacial score (nSPS) is 11.5. The SMILES string of the molecule is CCNC(=NCc1nnc(C)n1C)NCCCc1ccccc1. The van der Waals surface area contributed by atoms with E-state index in [1.807, 2.05) is 24.6 Å². The molecule has 6 nitrogen and oxygen atoms in total. The largest absolute Gasteiger partial charge is 0.357 e. The maximum absolute atomic E-state index is 4.57. The number of guanidine groups is 1. The van der Waals surface area contributed by atoms with Gasteiger partial charge in [-0.05, 0) is 32.3 Å². The first-order valence-corrected chi connectivity index (χ1v) is 8.11. The van der Waals surface area contributed by atoms with Crippen molar-refractivity contribution in [3.63, 3.8) is 0 Å². The highest BCUT2D eigenvalue weighted by molar-refractivity contribution is 5.79. The monoisotopic (exact) mass is 314 g/mol. The van der Waals surface area contributed by atoms with E-state index >= 15 is 0 Å². The smallest absolute Gasteiger partial charge is 0.191 e. The first-order chi connectivity index (χ1) is 11.2. The standard InChI is InChI=1S/C17H26N6/c1-4-18-17(20-13-16-22-21-14(2)23(16)3)19-12-8-11-15-9-6-5-7-10-15/h5-7,9-10H,4,8,11-13H2,1-3H3,(H2,18,19,20). The summed E-state index contributed by atoms with van der Waals surface area (Å²) in [6.07, 6.45) is 2.13. The van der Waals surface area contributed by atoms with Gasteiger partial charge in [0.05, 0.1) is 0 Å². The molecule has 0 saturated heterocycles. The molecule has 6 heteroatoms. The number of rotatable bonds is 7. The molecule has 0 atom stereocenters. The minimum absolute atomic E-state index is 0.519. The highest BCUT2D eigenvalue weighted by Gasteiger charge is 2.04. The number of aromatic nitrogens is 3. The Morgan fingerprint density at radius 3 is 2.61 bits per heavy atom. The van der Waals surface area contributed by atoms with Gasteiger partial charge < -0.3 is 15.2 Å². The molecule has 2 N–H and O–H groups in total. The van der Waals surface area contributed by atoms with Gasteiger partial charge in [0.25, 0.3) is 0 Å². The molecule has 0 unspecified atom stereocenters. The van der Waals surface area contributed by atoms with Crippen LogP contribution in [0, 0.1) is 6.92 Å². The molecule has 0 radical (unpaired) electrons. The van der Waals surface area contributed by atoms with E-state index in [1.165, 1.54) is 5.56 Å². The van der Waals surface area contributed by atoms with Crippen molar-refractivity contribution in [2.45, 2.75) is 33.2 Å². The number of aliphatic imine (C=N–C) groups is 1. The lowest BCUT2D eigenvalue weighted by Gasteiger charge is -2.11. The summed E-state index contributed by atoms with van der Waals surface area (Å²) in [6.45, 7) is 6.24. The van der Waals surface area contributed by atoms with Crippen molar-refractivity contribution in [1.82, 2.24) is 25.4 Å². The third-order valence-electron chi connectivity index (χ3n) is 3.68. The van der Waals surface area contributed by atoms with Gasteiger partial charge in [0, 0.05) is 20.1 Å². The molecular weight excluding hydrogens is 288 g/mol. The van der Waals surface area contributed by atoms with E-state index in [4.69, 9.17) is 0 Å². The molecule has 1 aromatic heterocycles. The van der Waals surface area contributed by atoms with Gasteiger partial charge >= 0.3 is 0 Å². The number of hydrogen-bond acceptors (Lipinski definition) is 3. The Bertz CT molecular complexity index is 617. The average molecular weight is 314 g/mol. The maximum atomic E-state index is 4.57. The van der Waals surface area contributed by atoms with E-state index in [1.54, 1.807) is 0 Å². The van der Waals surface area contributed by atoms with Crippen LogP contribution in [0.2, 0.25) is 0 Å². The second-order valence-electron chi connectivity index (χ2n) is 5.43. The van der Waals surface area contributed by atoms with E-state index in [0.29, 0.717) is 6.54 Å². The van der Waals surface area contributed by atoms with Gasteiger partial charge in [-0.1, -0.05) is 30.3 Å². The number of nitrogens with one attached hydrogen (secondary N) is 2. The van der Waals surface area contributed by atoms with Gasteiger partial charge in [-0.15, -0.1) is 10.2 Å². The van der Waals surface area contributed by atoms with Crippen LogP contribution in [0.5, 0.6) is 0 Å². The third-order valence-corrected chi connectivity index (χ3v) is 3.68. The van der Waals surface area contributed by atoms with E-state index in [-0.39, 0.29) is 0 Å². The fraction of sp³-hybridized carbons (Fsp3) is 0.471. The summed E-state index contributed by atoms with van der Waals surface area (Å²) in [5, 5.41) is 14.8. The van der Waals surface area contributed by atoms with Crippen LogP contribution in [-0.2, 0) is 20.0 Å². The molecule has 0 fully saturated rings. The van der Waals surface area contributed by atoms with E-state index in [2.05, 4.69) is 57.0 Å². The first-order valence-electron chi connectivity index (χ1n) is 8.11. The molecule has 23 heavy (non-hydrogen) atoms. The summed E-state index contributed by atoms with van der Waals surface area (Å²) in [4.78, 5) is 4.57. The number of hydrogen-bond donors (Lipinski definition) is 2. The zero-order valence-electron chi connectivity index (χ0n) is 14.2. The Balaban J connectivity index is 1.81. The Morgan fingerprint density at radius 2 is 1.96 bits per heavy atom. The first kappa shape index (κ1) is 17.0. The van der Waals surface area contributed by atoms with Crippen LogP contribution < -0.4 is 10.6 Å². The van der Waals surface area contributed by atoms with Crippen molar-refractivity contribution in [3.8, 4) is 0 Å². The second kappa shape index (κ2) is 8.92. The average Bonchev–Trinajstić information content (AvgIpc) is 2.89. The van der Waals surface area contributed by atoms with Crippen molar-refractivity contribution >= 4 is 5.96 Å². The van der Waals surface area contributed by atoms with Crippen LogP contribution in [0.25, 0.3) is 0 Å². The molecule has 2 rings (SSSR count). The lowest BCUT2D eigenvalue weighted by molar-refractivity contribution is 0.730. The third kappa shape index (κ3) is 5.39. The lowest BCUT2D eigenvalue weighted by Crippen LogP contribution is -2.38. The summed E-state index contributed by atoms with van der Waals surface area (Å²) in [5.74, 6) is 2.58. The van der Waals surface area contributed by atoms with Gasteiger partial charge in [0.2, 0.25) is 0 Å². The fourth-order valence-electron chi connectivity index (χ4n) is 2.22. The van der Waals surface area contributed by atoms with Crippen LogP contribution in [0.3, 0.4) is 0 Å². The van der Waals surface area contributed by atoms with Crippen LogP contribution in [-0.4, -0.2) is 33.8 Å². The van der Waals surface area contributed by atoms with Crippen molar-refractivity contribution < 1.29 is 0 Å². The summed E-state index contributed by atoms with van der Waals surface area (Å²) in [7, 11) is 1.96. The van der Waals surface area contributed by atoms with Crippen LogP contribution >= 0.6 is 0 Å². The van der Waals surface area contributed by atoms with Crippen molar-refractivity contribution in [2.24, 2.45) is 12.0 Å². The summed E-state index contributed by atoms with van der Waals surface area (Å²) < 4.78 is 1.96. The van der Waals surface area contributed by atoms with E-state index in [0.717, 1.165) is 43.5 Å². The van der Waals surface area contributed by atoms with Gasteiger partial charge in [0.15, 0.2) is 11.8 Å². The fourth-order valence-corrected chi connectivity index (χ4v) is 2.22. The Hall–Kier alpha value is -2.37. The van der Waals surface area contributed by atoms with Crippen LogP contribution in [0.15, 0.2) is 35.3 Å². The number of benzene rings is 1. The molecule has 0 spiro atoms. The Morgan fingerprint density at radius 1 is 1.17 bits per heavy atom. The highest BCUT2D eigenvalue weighted by atomic mass is 15.3. The lowest BCUT2D eigenvalue weighted by atomic mass is 10.1. The summed E-state index contributed by atoms with van der Waals surface area (Å²) in [6, 6.07) is 10.5. The summed E-state index contributed by atoms with van der Waals surface area (Å²) >= 11 is 0. The molecule has 1 aromatic carbocycles. The topological polar surface area (TPSA) is 67.1 Å². The Kier molecular flexibility index (Phi) is 6.59. The molecule has 0 saturated carbocycles. The van der Waals surface area contributed by atoms with E-state index in [9.17, 15) is 0 Å². The van der Waals surface area contributed by atoms with Crippen molar-refractivity contribution in [3.05, 3.63) is 47.5 Å². The zero-order chi connectivity index (χ0) is 16.5. The quantitative estimate of drug-likeness (QED) is 0.465. The highest BCUT2D eigenvalue weighted by Crippen LogP contribution is 2.02. The molecule has 0 aliphatic carbocycles. The molecule has 124 valence electrons. The molecule has 0 aliphatic heterocycles. The minimum atomic E-state index is 0.519. The minimum Gasteiger partial charge on any atom is -0.357 e. The zero-order valence-corrected chi connectivity index (χ0v) is 14.2. The molecule has 0 amide bonds. The predicted molar refractivity (Wildman–Crippen MR) is 93.3 cm³/mol. The maximum Gasteiger partial charge on any atom is 0.191 e. The number of nitrogens with zero attached hydrogens (tertiary/aromatic N) is 4. The van der Waals surface area contributed by atoms with Gasteiger partial charge in [-0.2, -0.15) is 0 Å². The molecule has 0 bridgehead atoms. The van der Waals surface area contributed by atoms with Crippen LogP contribution in [0.4, 0.5) is 0 Å². The molecule has 1 heterocycles. The van der Waals surface area contributed by atoms with Gasteiger partial charge in [-0.25, -0.2) is 4.99 Å². The Labute approximate surface area is 138 Å².